The van der Waals surface area contributed by atoms with E-state index in [1.165, 1.54) is 0 Å². The molecule has 0 amide bonds. The van der Waals surface area contributed by atoms with E-state index in [-0.39, 0.29) is 0 Å². The molecule has 0 heterocycles. The van der Waals surface area contributed by atoms with Crippen LogP contribution in [0.1, 0.15) is 23.1 Å². The molecule has 0 aromatic heterocycles. The van der Waals surface area contributed by atoms with Gasteiger partial charge in [0.1, 0.15) is 5.54 Å². The Morgan fingerprint density at radius 3 is 2.34 bits per heavy atom. The fourth-order valence-electron chi connectivity index (χ4n) is 3.26. The van der Waals surface area contributed by atoms with E-state index in [0.29, 0.717) is 17.9 Å². The lowest BCUT2D eigenvalue weighted by atomic mass is 9.87. The van der Waals surface area contributed by atoms with Crippen LogP contribution in [0.5, 0.6) is 0 Å². The van der Waals surface area contributed by atoms with Crippen LogP contribution in [0, 0.1) is 18.3 Å². The third-order valence-corrected chi connectivity index (χ3v) is 6.32. The molecule has 3 nitrogen and oxygen atoms in total. The van der Waals surface area contributed by atoms with E-state index in [9.17, 15) is 9.47 Å². The zero-order chi connectivity index (χ0) is 20.7. The van der Waals surface area contributed by atoms with E-state index in [1.54, 1.807) is 6.08 Å². The fraction of sp³-hybridized carbons (Fsp3) is 0.160. The molecule has 0 fully saturated rings. The van der Waals surface area contributed by atoms with Gasteiger partial charge in [0.2, 0.25) is 0 Å². The first-order valence-corrected chi connectivity index (χ1v) is 10.6. The van der Waals surface area contributed by atoms with Crippen LogP contribution in [0.3, 0.4) is 0 Å². The number of nitrogens with one attached hydrogen (secondary N) is 1. The average molecular weight is 401 g/mol. The third-order valence-electron chi connectivity index (χ3n) is 4.86. The van der Waals surface area contributed by atoms with Gasteiger partial charge in [0.05, 0.1) is 16.9 Å². The minimum atomic E-state index is -1.39. The van der Waals surface area contributed by atoms with Crippen molar-refractivity contribution in [1.29, 1.82) is 5.26 Å². The highest BCUT2D eigenvalue weighted by Gasteiger charge is 2.34. The monoisotopic (exact) mass is 400 g/mol. The molecule has 3 aromatic rings. The van der Waals surface area contributed by atoms with Gasteiger partial charge in [-0.2, -0.15) is 5.26 Å². The Morgan fingerprint density at radius 2 is 1.69 bits per heavy atom. The van der Waals surface area contributed by atoms with Crippen molar-refractivity contribution in [1.82, 2.24) is 5.32 Å². The summed E-state index contributed by atoms with van der Waals surface area (Å²) in [5.41, 5.74) is 1.89. The summed E-state index contributed by atoms with van der Waals surface area (Å²) in [6.07, 6.45) is 2.13. The van der Waals surface area contributed by atoms with Gasteiger partial charge in [0.25, 0.3) is 0 Å². The Balaban J connectivity index is 2.02. The first kappa shape index (κ1) is 20.7. The van der Waals surface area contributed by atoms with E-state index in [1.807, 2.05) is 85.8 Å². The highest BCUT2D eigenvalue weighted by molar-refractivity contribution is 7.85. The van der Waals surface area contributed by atoms with E-state index in [2.05, 4.69) is 18.0 Å². The van der Waals surface area contributed by atoms with Crippen molar-refractivity contribution < 1.29 is 4.21 Å². The molecule has 3 rings (SSSR count). The molecule has 0 saturated heterocycles. The minimum Gasteiger partial charge on any atom is -0.291 e. The number of hydrogen-bond acceptors (Lipinski definition) is 3. The summed E-state index contributed by atoms with van der Waals surface area (Å²) < 4.78 is 13.4. The molecule has 0 aliphatic heterocycles. The number of hydrogen-bond donors (Lipinski definition) is 1. The zero-order valence-corrected chi connectivity index (χ0v) is 17.3. The molecule has 29 heavy (non-hydrogen) atoms. The summed E-state index contributed by atoms with van der Waals surface area (Å²) in [4.78, 5) is 1.36. The molecule has 2 atom stereocenters. The first-order valence-electron chi connectivity index (χ1n) is 9.49. The van der Waals surface area contributed by atoms with Gasteiger partial charge < -0.3 is 0 Å². The van der Waals surface area contributed by atoms with Crippen molar-refractivity contribution in [2.75, 3.05) is 0 Å². The Bertz CT molecular complexity index is 1040. The first-order chi connectivity index (χ1) is 14.1. The molecule has 3 aromatic carbocycles. The molecule has 0 aliphatic carbocycles. The predicted octanol–water partition coefficient (Wildman–Crippen LogP) is 5.25. The summed E-state index contributed by atoms with van der Waals surface area (Å²) in [7, 11) is -1.39. The second-order valence-electron chi connectivity index (χ2n) is 6.93. The molecular weight excluding hydrogens is 376 g/mol. The van der Waals surface area contributed by atoms with Crippen molar-refractivity contribution in [2.45, 2.75) is 35.2 Å². The van der Waals surface area contributed by atoms with Gasteiger partial charge in [-0.25, -0.2) is 4.21 Å². The van der Waals surface area contributed by atoms with Gasteiger partial charge in [-0.3, -0.25) is 5.32 Å². The molecule has 0 spiro atoms. The maximum Gasteiger partial charge on any atom is 0.137 e. The van der Waals surface area contributed by atoms with Crippen LogP contribution in [0.25, 0.3) is 0 Å². The SMILES string of the molecule is C=CC[C@](C#N)(NCc1ccccc1)c1ccccc1[S@@](=O)c1ccc(C)cc1. The maximum absolute atomic E-state index is 13.4. The molecule has 0 aliphatic rings. The lowest BCUT2D eigenvalue weighted by molar-refractivity contribution is 0.422. The van der Waals surface area contributed by atoms with Gasteiger partial charge in [0, 0.05) is 28.3 Å². The van der Waals surface area contributed by atoms with Gasteiger partial charge in [-0.15, -0.1) is 6.58 Å². The lowest BCUT2D eigenvalue weighted by Crippen LogP contribution is -2.41. The smallest absolute Gasteiger partial charge is 0.137 e. The number of nitriles is 1. The lowest BCUT2D eigenvalue weighted by Gasteiger charge is -2.29. The van der Waals surface area contributed by atoms with Gasteiger partial charge in [-0.05, 0) is 30.7 Å². The number of nitrogens with zero attached hydrogens (tertiary/aromatic N) is 1. The molecule has 0 unspecified atom stereocenters. The van der Waals surface area contributed by atoms with Crippen molar-refractivity contribution in [3.05, 3.63) is 108 Å². The van der Waals surface area contributed by atoms with Gasteiger partial charge in [-0.1, -0.05) is 72.3 Å². The largest absolute Gasteiger partial charge is 0.291 e. The maximum atomic E-state index is 13.4. The van der Waals surface area contributed by atoms with Crippen LogP contribution in [-0.4, -0.2) is 4.21 Å². The number of aryl methyl sites for hydroxylation is 1. The molecule has 1 N–H and O–H groups in total. The summed E-state index contributed by atoms with van der Waals surface area (Å²) in [6.45, 7) is 6.37. The van der Waals surface area contributed by atoms with E-state index in [0.717, 1.165) is 21.6 Å². The van der Waals surface area contributed by atoms with Crippen LogP contribution in [-0.2, 0) is 22.9 Å². The second-order valence-corrected chi connectivity index (χ2v) is 8.38. The predicted molar refractivity (Wildman–Crippen MR) is 118 cm³/mol. The molecule has 146 valence electrons. The summed E-state index contributed by atoms with van der Waals surface area (Å²) in [6, 6.07) is 27.5. The van der Waals surface area contributed by atoms with Crippen molar-refractivity contribution in [3.8, 4) is 6.07 Å². The Hall–Kier alpha value is -3.00. The topological polar surface area (TPSA) is 52.9 Å². The van der Waals surface area contributed by atoms with Crippen molar-refractivity contribution in [2.24, 2.45) is 0 Å². The molecule has 0 bridgehead atoms. The quantitative estimate of drug-likeness (QED) is 0.526. The Kier molecular flexibility index (Phi) is 6.77. The van der Waals surface area contributed by atoms with Gasteiger partial charge in [0.15, 0.2) is 0 Å². The van der Waals surface area contributed by atoms with Crippen LogP contribution in [0.4, 0.5) is 0 Å². The molecule has 0 radical (unpaired) electrons. The van der Waals surface area contributed by atoms with Crippen molar-refractivity contribution in [3.63, 3.8) is 0 Å². The highest BCUT2D eigenvalue weighted by Crippen LogP contribution is 2.32. The molecule has 4 heteroatoms. The minimum absolute atomic E-state index is 0.401. The van der Waals surface area contributed by atoms with E-state index >= 15 is 0 Å². The Labute approximate surface area is 175 Å². The van der Waals surface area contributed by atoms with Crippen LogP contribution < -0.4 is 5.32 Å². The number of benzene rings is 3. The normalized spacial score (nSPS) is 13.8. The van der Waals surface area contributed by atoms with Crippen molar-refractivity contribution >= 4 is 10.8 Å². The fourth-order valence-corrected chi connectivity index (χ4v) is 4.54. The van der Waals surface area contributed by atoms with E-state index < -0.39 is 16.3 Å². The average Bonchev–Trinajstić information content (AvgIpc) is 2.77. The molecule has 0 saturated carbocycles. The summed E-state index contributed by atoms with van der Waals surface area (Å²) in [5, 5.41) is 13.6. The zero-order valence-electron chi connectivity index (χ0n) is 16.5. The van der Waals surface area contributed by atoms with E-state index in [4.69, 9.17) is 0 Å². The summed E-state index contributed by atoms with van der Waals surface area (Å²) >= 11 is 0. The second kappa shape index (κ2) is 9.47. The van der Waals surface area contributed by atoms with Crippen LogP contribution in [0.2, 0.25) is 0 Å². The Morgan fingerprint density at radius 1 is 1.03 bits per heavy atom. The van der Waals surface area contributed by atoms with Crippen LogP contribution in [0.15, 0.2) is 101 Å². The molecular formula is C25H24N2OS. The standard InChI is InChI=1S/C25H24N2OS/c1-3-17-25(19-26,27-18-21-9-5-4-6-10-21)23-11-7-8-12-24(23)29(28)22-15-13-20(2)14-16-22/h3-16,27H,1,17-18H2,2H3/t25-,29+/m1/s1. The van der Waals surface area contributed by atoms with Gasteiger partial charge >= 0.3 is 0 Å². The highest BCUT2D eigenvalue weighted by atomic mass is 32.2. The summed E-state index contributed by atoms with van der Waals surface area (Å²) in [5.74, 6) is 0. The van der Waals surface area contributed by atoms with Crippen LogP contribution >= 0.6 is 0 Å². The number of rotatable bonds is 8. The third kappa shape index (κ3) is 4.71.